The summed E-state index contributed by atoms with van der Waals surface area (Å²) in [6.07, 6.45) is 3.83. The van der Waals surface area contributed by atoms with Crippen molar-refractivity contribution < 1.29 is 4.74 Å². The molecule has 0 bridgehead atoms. The fraction of sp³-hybridized carbons (Fsp3) is 0.389. The number of aryl methyl sites for hydroxylation is 1. The van der Waals surface area contributed by atoms with Gasteiger partial charge in [0.15, 0.2) is 0 Å². The Labute approximate surface area is 131 Å². The number of fused-ring (bicyclic) bond motifs is 3. The molecular formula is C18H23N3O. The molecule has 1 atom stereocenters. The molecule has 3 aromatic rings. The minimum Gasteiger partial charge on any atom is -0.497 e. The first-order chi connectivity index (χ1) is 10.5. The number of hydrogen-bond acceptors (Lipinski definition) is 3. The minimum atomic E-state index is 0.436. The molecule has 0 saturated heterocycles. The summed E-state index contributed by atoms with van der Waals surface area (Å²) >= 11 is 0. The molecule has 4 nitrogen and oxygen atoms in total. The van der Waals surface area contributed by atoms with E-state index in [9.17, 15) is 0 Å². The van der Waals surface area contributed by atoms with Crippen LogP contribution in [0.3, 0.4) is 0 Å². The molecule has 0 aliphatic carbocycles. The summed E-state index contributed by atoms with van der Waals surface area (Å²) in [6, 6.07) is 6.77. The van der Waals surface area contributed by atoms with Gasteiger partial charge in [-0.15, -0.1) is 0 Å². The van der Waals surface area contributed by atoms with Gasteiger partial charge in [-0.3, -0.25) is 4.98 Å². The normalized spacial score (nSPS) is 13.2. The number of hydrogen-bond donors (Lipinski definition) is 0. The fourth-order valence-electron chi connectivity index (χ4n) is 2.98. The third kappa shape index (κ3) is 2.33. The lowest BCUT2D eigenvalue weighted by molar-refractivity contribution is 0.288. The largest absolute Gasteiger partial charge is 0.497 e. The van der Waals surface area contributed by atoms with Crippen LogP contribution < -0.4 is 4.74 Å². The lowest BCUT2D eigenvalue weighted by atomic mass is 10.1. The van der Waals surface area contributed by atoms with Crippen LogP contribution in [0.15, 0.2) is 30.6 Å². The number of benzene rings is 1. The molecule has 0 fully saturated rings. The van der Waals surface area contributed by atoms with E-state index in [0.717, 1.165) is 12.3 Å². The van der Waals surface area contributed by atoms with Crippen molar-refractivity contribution >= 4 is 21.8 Å². The molecule has 0 spiro atoms. The molecule has 3 rings (SSSR count). The molecule has 116 valence electrons. The third-order valence-corrected chi connectivity index (χ3v) is 4.50. The van der Waals surface area contributed by atoms with Crippen molar-refractivity contribution in [1.82, 2.24) is 14.5 Å². The smallest absolute Gasteiger partial charge is 0.121 e. The molecule has 4 heteroatoms. The van der Waals surface area contributed by atoms with E-state index in [1.165, 1.54) is 27.4 Å². The zero-order valence-electron chi connectivity index (χ0n) is 13.9. The number of pyridine rings is 1. The number of ether oxygens (including phenoxy) is 1. The number of nitrogens with zero attached hydrogens (tertiary/aromatic N) is 3. The van der Waals surface area contributed by atoms with Gasteiger partial charge in [-0.2, -0.15) is 0 Å². The first kappa shape index (κ1) is 14.9. The summed E-state index contributed by atoms with van der Waals surface area (Å²) in [5.41, 5.74) is 3.64. The Kier molecular flexibility index (Phi) is 3.79. The Morgan fingerprint density at radius 3 is 2.73 bits per heavy atom. The average molecular weight is 297 g/mol. The predicted molar refractivity (Wildman–Crippen MR) is 91.7 cm³/mol. The second-order valence-corrected chi connectivity index (χ2v) is 6.15. The molecule has 0 aliphatic rings. The molecule has 0 radical (unpaired) electrons. The van der Waals surface area contributed by atoms with Crippen molar-refractivity contribution in [2.45, 2.75) is 26.4 Å². The number of rotatable bonds is 4. The summed E-state index contributed by atoms with van der Waals surface area (Å²) in [5, 5.41) is 2.56. The standard InChI is InChI=1S/C18H23N3O/c1-12-8-14(22-5)9-16-18(12)15-6-7-19-10-17(15)21(16)11-13(2)20(3)4/h6-10,13H,11H2,1-5H3. The van der Waals surface area contributed by atoms with Crippen molar-refractivity contribution in [3.05, 3.63) is 36.2 Å². The van der Waals surface area contributed by atoms with E-state index in [4.69, 9.17) is 4.74 Å². The molecular weight excluding hydrogens is 274 g/mol. The van der Waals surface area contributed by atoms with Crippen molar-refractivity contribution in [1.29, 1.82) is 0 Å². The van der Waals surface area contributed by atoms with Crippen molar-refractivity contribution in [3.8, 4) is 5.75 Å². The van der Waals surface area contributed by atoms with E-state index in [1.807, 2.05) is 12.4 Å². The molecule has 2 heterocycles. The van der Waals surface area contributed by atoms with Crippen LogP contribution in [-0.4, -0.2) is 41.7 Å². The Morgan fingerprint density at radius 2 is 2.05 bits per heavy atom. The van der Waals surface area contributed by atoms with Gasteiger partial charge in [0.25, 0.3) is 0 Å². The molecule has 0 aliphatic heterocycles. The highest BCUT2D eigenvalue weighted by atomic mass is 16.5. The SMILES string of the molecule is COc1cc(C)c2c3ccncc3n(CC(C)N(C)C)c2c1. The van der Waals surface area contributed by atoms with Gasteiger partial charge in [0.05, 0.1) is 24.3 Å². The average Bonchev–Trinajstić information content (AvgIpc) is 2.82. The molecule has 22 heavy (non-hydrogen) atoms. The van der Waals surface area contributed by atoms with Crippen molar-refractivity contribution in [2.75, 3.05) is 21.2 Å². The van der Waals surface area contributed by atoms with Gasteiger partial charge in [-0.1, -0.05) is 0 Å². The minimum absolute atomic E-state index is 0.436. The quantitative estimate of drug-likeness (QED) is 0.739. The van der Waals surface area contributed by atoms with Gasteiger partial charge in [0, 0.05) is 35.6 Å². The zero-order valence-corrected chi connectivity index (χ0v) is 13.9. The van der Waals surface area contributed by atoms with E-state index >= 15 is 0 Å². The molecule has 1 aromatic carbocycles. The first-order valence-electron chi connectivity index (χ1n) is 7.60. The van der Waals surface area contributed by atoms with Gasteiger partial charge in [-0.25, -0.2) is 0 Å². The van der Waals surface area contributed by atoms with Crippen LogP contribution in [0, 0.1) is 6.92 Å². The van der Waals surface area contributed by atoms with Crippen LogP contribution in [-0.2, 0) is 6.54 Å². The molecule has 2 aromatic heterocycles. The highest BCUT2D eigenvalue weighted by Gasteiger charge is 2.16. The van der Waals surface area contributed by atoms with Crippen LogP contribution in [0.25, 0.3) is 21.8 Å². The zero-order chi connectivity index (χ0) is 15.9. The monoisotopic (exact) mass is 297 g/mol. The number of aromatic nitrogens is 2. The predicted octanol–water partition coefficient (Wildman–Crippen LogP) is 3.46. The Bertz CT molecular complexity index is 820. The molecule has 0 N–H and O–H groups in total. The van der Waals surface area contributed by atoms with Gasteiger partial charge >= 0.3 is 0 Å². The van der Waals surface area contributed by atoms with Gasteiger partial charge in [0.1, 0.15) is 5.75 Å². The lowest BCUT2D eigenvalue weighted by Crippen LogP contribution is -2.29. The summed E-state index contributed by atoms with van der Waals surface area (Å²) < 4.78 is 7.83. The number of likely N-dealkylation sites (N-methyl/N-ethyl adjacent to an activating group) is 1. The maximum absolute atomic E-state index is 5.47. The first-order valence-corrected chi connectivity index (χ1v) is 7.60. The Morgan fingerprint density at radius 1 is 1.27 bits per heavy atom. The Hall–Kier alpha value is -2.07. The molecule has 1 unspecified atom stereocenters. The summed E-state index contributed by atoms with van der Waals surface area (Å²) in [5.74, 6) is 0.902. The topological polar surface area (TPSA) is 30.3 Å². The van der Waals surface area contributed by atoms with Gasteiger partial charge in [-0.05, 0) is 45.6 Å². The van der Waals surface area contributed by atoms with Gasteiger partial charge < -0.3 is 14.2 Å². The van der Waals surface area contributed by atoms with Gasteiger partial charge in [0.2, 0.25) is 0 Å². The maximum atomic E-state index is 5.47. The van der Waals surface area contributed by atoms with E-state index in [2.05, 4.69) is 60.6 Å². The van der Waals surface area contributed by atoms with E-state index in [-0.39, 0.29) is 0 Å². The second-order valence-electron chi connectivity index (χ2n) is 6.15. The summed E-state index contributed by atoms with van der Waals surface area (Å²) in [6.45, 7) is 5.30. The van der Waals surface area contributed by atoms with Crippen LogP contribution in [0.2, 0.25) is 0 Å². The van der Waals surface area contributed by atoms with Crippen LogP contribution in [0.5, 0.6) is 5.75 Å². The summed E-state index contributed by atoms with van der Waals surface area (Å²) in [7, 11) is 5.95. The highest BCUT2D eigenvalue weighted by Crippen LogP contribution is 2.34. The third-order valence-electron chi connectivity index (χ3n) is 4.50. The second kappa shape index (κ2) is 5.61. The van der Waals surface area contributed by atoms with Crippen LogP contribution in [0.4, 0.5) is 0 Å². The maximum Gasteiger partial charge on any atom is 0.121 e. The highest BCUT2D eigenvalue weighted by molar-refractivity contribution is 6.09. The van der Waals surface area contributed by atoms with E-state index in [0.29, 0.717) is 6.04 Å². The van der Waals surface area contributed by atoms with Crippen LogP contribution in [0.1, 0.15) is 12.5 Å². The van der Waals surface area contributed by atoms with E-state index in [1.54, 1.807) is 7.11 Å². The van der Waals surface area contributed by atoms with E-state index < -0.39 is 0 Å². The summed E-state index contributed by atoms with van der Waals surface area (Å²) in [4.78, 5) is 6.56. The fourth-order valence-corrected chi connectivity index (χ4v) is 2.98. The van der Waals surface area contributed by atoms with Crippen LogP contribution >= 0.6 is 0 Å². The van der Waals surface area contributed by atoms with Crippen molar-refractivity contribution in [3.63, 3.8) is 0 Å². The lowest BCUT2D eigenvalue weighted by Gasteiger charge is -2.21. The molecule has 0 amide bonds. The van der Waals surface area contributed by atoms with Crippen molar-refractivity contribution in [2.24, 2.45) is 0 Å². The molecule has 0 saturated carbocycles. The number of methoxy groups -OCH3 is 1. The Balaban J connectivity index is 2.33.